The molecule has 0 aromatic heterocycles. The number of hydrogen-bond donors (Lipinski definition) is 2. The van der Waals surface area contributed by atoms with Crippen LogP contribution in [0.1, 0.15) is 37.0 Å². The number of benzene rings is 1. The minimum atomic E-state index is -1.24. The van der Waals surface area contributed by atoms with Gasteiger partial charge in [-0.2, -0.15) is 0 Å². The van der Waals surface area contributed by atoms with Gasteiger partial charge in [-0.25, -0.2) is 0 Å². The highest BCUT2D eigenvalue weighted by Gasteiger charge is 2.59. The number of ketones is 1. The molecule has 0 saturated carbocycles. The maximum Gasteiger partial charge on any atom is 0.251 e. The predicted octanol–water partition coefficient (Wildman–Crippen LogP) is 1.43. The number of ether oxygens (including phenoxy) is 2. The molecule has 4 rings (SSSR count). The first kappa shape index (κ1) is 26.9. The summed E-state index contributed by atoms with van der Waals surface area (Å²) in [5.74, 6) is -0.611. The van der Waals surface area contributed by atoms with Gasteiger partial charge in [0.25, 0.3) is 5.91 Å². The molecule has 3 atom stereocenters. The van der Waals surface area contributed by atoms with Gasteiger partial charge in [0.15, 0.2) is 10.7 Å². The molecule has 3 fully saturated rings. The number of carbonyl (C=O) groups is 3. The Bertz CT molecular complexity index is 950. The monoisotopic (exact) mass is 518 g/mol. The summed E-state index contributed by atoms with van der Waals surface area (Å²) < 4.78 is 10.7. The van der Waals surface area contributed by atoms with Crippen molar-refractivity contribution in [1.29, 1.82) is 0 Å². The number of nitrogens with one attached hydrogen (secondary N) is 1. The molecule has 3 saturated heterocycles. The molecule has 9 nitrogen and oxygen atoms in total. The van der Waals surface area contributed by atoms with Crippen LogP contribution in [-0.2, 0) is 19.1 Å². The third-order valence-corrected chi connectivity index (χ3v) is 8.14. The van der Waals surface area contributed by atoms with Gasteiger partial charge in [0.05, 0.1) is 12.7 Å². The lowest BCUT2D eigenvalue weighted by Crippen LogP contribution is -2.57. The minimum absolute atomic E-state index is 0.0340. The first-order valence-corrected chi connectivity index (χ1v) is 13.2. The summed E-state index contributed by atoms with van der Waals surface area (Å²) in [4.78, 5) is 44.1. The number of hydrogen-bond acceptors (Lipinski definition) is 8. The normalized spacial score (nSPS) is 25.4. The fraction of sp³-hybridized carbons (Fsp3) is 0.654. The number of likely N-dealkylation sites (tertiary alicyclic amines) is 1. The zero-order valence-electron chi connectivity index (χ0n) is 21.4. The van der Waals surface area contributed by atoms with Crippen LogP contribution in [0.5, 0.6) is 0 Å². The molecule has 1 N–H and O–H groups in total. The number of fused-ring (bicyclic) bond motifs is 1. The Labute approximate surface area is 218 Å². The van der Waals surface area contributed by atoms with Crippen LogP contribution in [0.4, 0.5) is 5.69 Å². The van der Waals surface area contributed by atoms with Crippen molar-refractivity contribution in [3.8, 4) is 0 Å². The molecule has 3 aliphatic heterocycles. The summed E-state index contributed by atoms with van der Waals surface area (Å²) in [6.45, 7) is 9.83. The van der Waals surface area contributed by atoms with Crippen LogP contribution in [0.3, 0.4) is 0 Å². The van der Waals surface area contributed by atoms with E-state index < -0.39 is 17.0 Å². The van der Waals surface area contributed by atoms with Crippen molar-refractivity contribution in [3.63, 3.8) is 0 Å². The lowest BCUT2D eigenvalue weighted by molar-refractivity contribution is -0.139. The molecule has 0 radical (unpaired) electrons. The lowest BCUT2D eigenvalue weighted by atomic mass is 10.0. The van der Waals surface area contributed by atoms with E-state index in [0.29, 0.717) is 24.9 Å². The quantitative estimate of drug-likeness (QED) is 0.478. The summed E-state index contributed by atoms with van der Waals surface area (Å²) >= 11 is 4.60. The molecule has 1 aromatic rings. The van der Waals surface area contributed by atoms with E-state index in [1.165, 1.54) is 4.90 Å². The number of thiol groups is 1. The average molecular weight is 519 g/mol. The van der Waals surface area contributed by atoms with Crippen molar-refractivity contribution in [2.75, 3.05) is 64.5 Å². The van der Waals surface area contributed by atoms with E-state index >= 15 is 0 Å². The summed E-state index contributed by atoms with van der Waals surface area (Å²) in [6.07, 6.45) is 0.628. The van der Waals surface area contributed by atoms with Gasteiger partial charge < -0.3 is 24.6 Å². The average Bonchev–Trinajstić information content (AvgIpc) is 3.36. The third-order valence-electron chi connectivity index (χ3n) is 7.36. The van der Waals surface area contributed by atoms with Crippen molar-refractivity contribution >= 4 is 35.9 Å². The number of Topliss-reactive ketones (excluding diaryl/α,β-unsaturated/α-hetero) is 1. The largest absolute Gasteiger partial charge is 0.383 e. The van der Waals surface area contributed by atoms with Gasteiger partial charge in [0.1, 0.15) is 12.6 Å². The first-order chi connectivity index (χ1) is 17.2. The molecule has 3 aliphatic rings. The van der Waals surface area contributed by atoms with E-state index in [4.69, 9.17) is 9.47 Å². The Balaban J connectivity index is 1.39. The fourth-order valence-electron chi connectivity index (χ4n) is 5.28. The molecular weight excluding hydrogens is 480 g/mol. The Morgan fingerprint density at radius 1 is 1.17 bits per heavy atom. The van der Waals surface area contributed by atoms with Gasteiger partial charge in [-0.05, 0) is 43.0 Å². The molecule has 2 amide bonds. The number of nitrogens with zero attached hydrogens (tertiary/aromatic N) is 3. The molecule has 10 heteroatoms. The van der Waals surface area contributed by atoms with E-state index in [2.05, 4.69) is 27.7 Å². The summed E-state index contributed by atoms with van der Waals surface area (Å²) in [6, 6.07) is 6.79. The van der Waals surface area contributed by atoms with Crippen LogP contribution in [0.2, 0.25) is 0 Å². The fourth-order valence-corrected chi connectivity index (χ4v) is 5.75. The molecule has 198 valence electrons. The molecule has 0 aliphatic carbocycles. The highest BCUT2D eigenvalue weighted by molar-refractivity contribution is 7.82. The topological polar surface area (TPSA) is 91.4 Å². The van der Waals surface area contributed by atoms with Crippen LogP contribution < -0.4 is 10.2 Å². The Morgan fingerprint density at radius 2 is 1.86 bits per heavy atom. The number of methoxy groups -OCH3 is 1. The SMILES string of the molecule is COCCN1CCN(c2ccc(C(=O)N[C@@H](CC(C)C)C(=O)N3CC[C@H]4OCC(=O)[C@@]43S)cc2)CC1. The Hall–Kier alpha value is -2.14. The Morgan fingerprint density at radius 3 is 2.50 bits per heavy atom. The smallest absolute Gasteiger partial charge is 0.251 e. The zero-order chi connectivity index (χ0) is 25.9. The number of carbonyl (C=O) groups excluding carboxylic acids is 3. The second-order valence-electron chi connectivity index (χ2n) is 10.3. The van der Waals surface area contributed by atoms with E-state index in [1.807, 2.05) is 26.0 Å². The van der Waals surface area contributed by atoms with Crippen LogP contribution in [0.15, 0.2) is 24.3 Å². The second kappa shape index (κ2) is 11.5. The van der Waals surface area contributed by atoms with Crippen molar-refractivity contribution < 1.29 is 23.9 Å². The van der Waals surface area contributed by atoms with Crippen LogP contribution in [0, 0.1) is 5.92 Å². The third kappa shape index (κ3) is 5.56. The Kier molecular flexibility index (Phi) is 8.59. The molecule has 1 aromatic carbocycles. The highest BCUT2D eigenvalue weighted by atomic mass is 32.1. The molecule has 3 heterocycles. The first-order valence-electron chi connectivity index (χ1n) is 12.8. The van der Waals surface area contributed by atoms with Gasteiger partial charge in [-0.15, -0.1) is 12.6 Å². The van der Waals surface area contributed by atoms with E-state index in [1.54, 1.807) is 19.2 Å². The van der Waals surface area contributed by atoms with Gasteiger partial charge in [-0.1, -0.05) is 13.8 Å². The number of anilines is 1. The van der Waals surface area contributed by atoms with Gasteiger partial charge >= 0.3 is 0 Å². The maximum atomic E-state index is 13.5. The minimum Gasteiger partial charge on any atom is -0.383 e. The zero-order valence-corrected chi connectivity index (χ0v) is 22.3. The molecule has 0 bridgehead atoms. The van der Waals surface area contributed by atoms with Crippen LogP contribution in [0.25, 0.3) is 0 Å². The van der Waals surface area contributed by atoms with Crippen LogP contribution in [-0.4, -0.2) is 104 Å². The summed E-state index contributed by atoms with van der Waals surface area (Å²) in [5.41, 5.74) is 1.58. The second-order valence-corrected chi connectivity index (χ2v) is 10.9. The maximum absolute atomic E-state index is 13.5. The predicted molar refractivity (Wildman–Crippen MR) is 140 cm³/mol. The van der Waals surface area contributed by atoms with Gasteiger partial charge in [0.2, 0.25) is 5.91 Å². The van der Waals surface area contributed by atoms with Crippen molar-refractivity contribution in [3.05, 3.63) is 29.8 Å². The van der Waals surface area contributed by atoms with E-state index in [0.717, 1.165) is 45.0 Å². The van der Waals surface area contributed by atoms with Crippen LogP contribution >= 0.6 is 12.6 Å². The molecular formula is C26H38N4O5S. The standard InChI is InChI=1S/C26H38N4O5S/c1-18(2)16-21(25(33)30-9-8-23-26(30,36)22(31)17-35-23)27-24(32)19-4-6-20(7-5-19)29-12-10-28(11-13-29)14-15-34-3/h4-7,18,21,23,36H,8-17H2,1-3H3,(H,27,32)/t21-,23+,26+/m0/s1. The molecule has 0 unspecified atom stereocenters. The van der Waals surface area contributed by atoms with Gasteiger partial charge in [0, 0.05) is 57.6 Å². The number of piperazine rings is 1. The number of amides is 2. The summed E-state index contributed by atoms with van der Waals surface area (Å²) in [7, 11) is 1.72. The highest BCUT2D eigenvalue weighted by Crippen LogP contribution is 2.41. The molecule has 0 spiro atoms. The van der Waals surface area contributed by atoms with Crippen molar-refractivity contribution in [1.82, 2.24) is 15.1 Å². The van der Waals surface area contributed by atoms with Crippen molar-refractivity contribution in [2.45, 2.75) is 43.7 Å². The van der Waals surface area contributed by atoms with Crippen molar-refractivity contribution in [2.24, 2.45) is 5.92 Å². The summed E-state index contributed by atoms with van der Waals surface area (Å²) in [5, 5.41) is 2.93. The van der Waals surface area contributed by atoms with E-state index in [-0.39, 0.29) is 30.1 Å². The molecule has 36 heavy (non-hydrogen) atoms. The number of rotatable bonds is 9. The lowest BCUT2D eigenvalue weighted by Gasteiger charge is -2.36. The van der Waals surface area contributed by atoms with Gasteiger partial charge in [-0.3, -0.25) is 19.3 Å². The van der Waals surface area contributed by atoms with E-state index in [9.17, 15) is 14.4 Å².